The van der Waals surface area contributed by atoms with E-state index in [0.717, 1.165) is 103 Å². The van der Waals surface area contributed by atoms with Gasteiger partial charge in [0.2, 0.25) is 0 Å². The number of piperidine rings is 1. The summed E-state index contributed by atoms with van der Waals surface area (Å²) in [6.07, 6.45) is 14.9. The van der Waals surface area contributed by atoms with Crippen LogP contribution in [0.25, 0.3) is 123 Å². The lowest BCUT2D eigenvalue weighted by Crippen LogP contribution is -2.30. The number of carbonyl (C=O) groups is 4. The van der Waals surface area contributed by atoms with E-state index in [0.29, 0.717) is 156 Å². The van der Waals surface area contributed by atoms with Crippen molar-refractivity contribution in [3.05, 3.63) is 225 Å². The number of carbonyl (C=O) groups excluding carboxylic acids is 4. The number of imidazole rings is 4. The number of hydrogen-bond donors (Lipinski definition) is 12. The minimum Gasteiger partial charge on any atom is -0.493 e. The standard InChI is InChI=1S/C24H24F2N6OS.C23H19ClN6O3S.C22H18N6O3S.C21H18N8O3S/c1-32-9-7-14(8-10-32)13-34-15-5-6-18-19(11-15)29-23(28-18)22-20(12-27-31-22)30-24(33)21-16(25)3-2-4-17(21)26;1-11-20(34-23(26-11)12-4-6-13(24)7-5-12)22(31)29-16-10-25-30-19(16)21-27-14-8-17(32-2)18(33-3)9-15(14)28-21;1-30-17-8-14-15(9-18(17)31-2)26-21(25-14)19-16(11-23-28-19)27-22(29)20-13(10-24-32-20)12-6-4-3-5-7-12;1-10-18(33-21(25-10)14-8-22-4-5-23-14)20(30)28-13-9-24-29-17(13)19-26-11-6-15(31-2)16(32-3)7-12(11)27-19/h2-6,11-12,14H,7-10,13H2,1H3,(H,27,31)(H,28,29)(H,30,33);4-10H,1-3H3,(H,25,30)(H,27,28)(H,29,31);3-11H,1-2H3,(H,23,28)(H,25,26)(H,27,29);4-9H,1-3H3,(H,24,29)(H,26,27)(H,28,30). The van der Waals surface area contributed by atoms with Gasteiger partial charge in [-0.15, -0.1) is 34.4 Å². The largest absolute Gasteiger partial charge is 0.493 e. The maximum Gasteiger partial charge on any atom is 0.268 e. The predicted molar refractivity (Wildman–Crippen MR) is 506 cm³/mol. The fourth-order valence-corrected chi connectivity index (χ4v) is 18.2. The molecule has 1 aliphatic heterocycles. The van der Waals surface area contributed by atoms with Crippen LogP contribution < -0.4 is 49.7 Å². The number of nitrogens with zero attached hydrogens (tertiary/aromatic N) is 14. The Balaban J connectivity index is 0.000000124. The van der Waals surface area contributed by atoms with Gasteiger partial charge < -0.3 is 74.5 Å². The van der Waals surface area contributed by atoms with Crippen molar-refractivity contribution in [3.8, 4) is 113 Å². The second-order valence-electron chi connectivity index (χ2n) is 29.7. The zero-order valence-electron chi connectivity index (χ0n) is 72.0. The number of rotatable bonds is 24. The average Bonchev–Trinajstić information content (AvgIpc) is 1.59. The smallest absolute Gasteiger partial charge is 0.268 e. The van der Waals surface area contributed by atoms with Crippen molar-refractivity contribution in [2.45, 2.75) is 31.6 Å². The minimum absolute atomic E-state index is 0.267. The highest BCUT2D eigenvalue weighted by atomic mass is 35.5. The maximum atomic E-state index is 14.0. The van der Waals surface area contributed by atoms with Crippen molar-refractivity contribution in [1.82, 2.24) is 110 Å². The summed E-state index contributed by atoms with van der Waals surface area (Å²) < 4.78 is 64.3. The van der Waals surface area contributed by atoms with Gasteiger partial charge in [0, 0.05) is 81.8 Å². The molecule has 12 N–H and O–H groups in total. The fraction of sp³-hybridized carbons (Fsp3) is 0.167. The molecule has 0 atom stereocenters. The molecular weight excluding hydrogens is 1810 g/mol. The van der Waals surface area contributed by atoms with Gasteiger partial charge in [0.05, 0.1) is 152 Å². The van der Waals surface area contributed by atoms with Crippen molar-refractivity contribution in [2.75, 3.05) is 89.8 Å². The Bertz CT molecular complexity index is 7300. The van der Waals surface area contributed by atoms with Crippen LogP contribution >= 0.6 is 57.6 Å². The molecule has 1 aliphatic rings. The van der Waals surface area contributed by atoms with Crippen LogP contribution in [0.3, 0.4) is 0 Å². The number of amides is 4. The highest BCUT2D eigenvalue weighted by molar-refractivity contribution is 7.99. The van der Waals surface area contributed by atoms with Crippen molar-refractivity contribution < 1.29 is 56.4 Å². The summed E-state index contributed by atoms with van der Waals surface area (Å²) in [5.74, 6) is 3.68. The zero-order valence-corrected chi connectivity index (χ0v) is 76.0. The molecule has 0 aliphatic carbocycles. The number of aromatic nitrogens is 21. The molecule has 0 radical (unpaired) electrons. The predicted octanol–water partition coefficient (Wildman–Crippen LogP) is 18.0. The SMILES string of the molecule is CN1CCC(CSc2ccc3nc(-c4[nH]ncc4NC(=O)c4c(F)cccc4F)[nH]c3c2)CC1.COc1cc2nc(-c3[nH]ncc3NC(=O)c3sc(-c4ccc(Cl)cc4)nc3C)[nH]c2cc1OC.COc1cc2nc(-c3[nH]ncc3NC(=O)c3sc(-c4cnccn4)nc3C)[nH]c2cc1OC.COc1cc2nc(-c3[nH]ncc3NC(=O)c3sncc3-c3ccccc3)[nH]c2cc1OC. The first-order chi connectivity index (χ1) is 64.7. The van der Waals surface area contributed by atoms with E-state index in [1.54, 1.807) is 130 Å². The Morgan fingerprint density at radius 3 is 1.35 bits per heavy atom. The number of hydrogen-bond acceptors (Lipinski definition) is 28. The molecule has 0 spiro atoms. The second-order valence-corrected chi connectivity index (χ2v) is 34.0. The van der Waals surface area contributed by atoms with Crippen LogP contribution in [0.15, 0.2) is 182 Å². The molecule has 133 heavy (non-hydrogen) atoms. The molecule has 1 saturated heterocycles. The number of thioether (sulfide) groups is 1. The average molecular weight is 1890 g/mol. The molecule has 43 heteroatoms. The van der Waals surface area contributed by atoms with Crippen LogP contribution in [0.1, 0.15) is 63.6 Å². The van der Waals surface area contributed by atoms with Gasteiger partial charge in [-0.05, 0) is 112 Å². The highest BCUT2D eigenvalue weighted by Crippen LogP contribution is 2.41. The van der Waals surface area contributed by atoms with E-state index in [-0.39, 0.29) is 23.4 Å². The quantitative estimate of drug-likeness (QED) is 0.0250. The lowest BCUT2D eigenvalue weighted by Gasteiger charge is -2.28. The van der Waals surface area contributed by atoms with Gasteiger partial charge in [-0.1, -0.05) is 60.1 Å². The highest BCUT2D eigenvalue weighted by Gasteiger charge is 2.28. The molecule has 20 rings (SSSR count). The fourth-order valence-electron chi connectivity index (χ4n) is 14.4. The van der Waals surface area contributed by atoms with Crippen molar-refractivity contribution >= 4 is 148 Å². The monoisotopic (exact) mass is 1880 g/mol. The van der Waals surface area contributed by atoms with Gasteiger partial charge in [-0.3, -0.25) is 49.5 Å². The summed E-state index contributed by atoms with van der Waals surface area (Å²) >= 11 is 11.5. The van der Waals surface area contributed by atoms with Crippen molar-refractivity contribution in [1.29, 1.82) is 0 Å². The van der Waals surface area contributed by atoms with Crippen molar-refractivity contribution in [2.24, 2.45) is 5.92 Å². The van der Waals surface area contributed by atoms with Crippen LogP contribution in [0.5, 0.6) is 34.5 Å². The maximum absolute atomic E-state index is 14.0. The molecule has 0 bridgehead atoms. The van der Waals surface area contributed by atoms with Crippen LogP contribution in [-0.4, -0.2) is 202 Å². The van der Waals surface area contributed by atoms with Gasteiger partial charge in [0.15, 0.2) is 57.8 Å². The number of nitrogens with one attached hydrogen (secondary N) is 12. The number of likely N-dealkylation sites (tertiary alicyclic amines) is 1. The molecule has 674 valence electrons. The number of halogens is 3. The number of thiazole rings is 2. The molecule has 36 nitrogen and oxygen atoms in total. The molecule has 7 aromatic carbocycles. The van der Waals surface area contributed by atoms with Gasteiger partial charge in [-0.2, -0.15) is 24.8 Å². The summed E-state index contributed by atoms with van der Waals surface area (Å²) in [4.78, 5) is 105. The van der Waals surface area contributed by atoms with Gasteiger partial charge in [-0.25, -0.2) is 38.7 Å². The van der Waals surface area contributed by atoms with E-state index in [9.17, 15) is 28.0 Å². The number of aromatic amines is 8. The summed E-state index contributed by atoms with van der Waals surface area (Å²) in [6.45, 7) is 5.89. The number of benzene rings is 7. The minimum atomic E-state index is -0.934. The van der Waals surface area contributed by atoms with Gasteiger partial charge in [0.1, 0.15) is 70.3 Å². The normalized spacial score (nSPS) is 12.1. The van der Waals surface area contributed by atoms with E-state index in [1.165, 1.54) is 60.2 Å². The Labute approximate surface area is 774 Å². The van der Waals surface area contributed by atoms with Crippen LogP contribution in [-0.2, 0) is 0 Å². The molecule has 0 saturated carbocycles. The molecule has 13 heterocycles. The third-order valence-corrected chi connectivity index (χ3v) is 25.8. The first kappa shape index (κ1) is 89.4. The Morgan fingerprint density at radius 2 is 0.895 bits per heavy atom. The van der Waals surface area contributed by atoms with E-state index in [1.807, 2.05) is 66.4 Å². The number of ether oxygens (including phenoxy) is 6. The second kappa shape index (κ2) is 39.8. The first-order valence-corrected chi connectivity index (χ1v) is 44.4. The molecule has 1 fully saturated rings. The van der Waals surface area contributed by atoms with E-state index >= 15 is 0 Å². The summed E-state index contributed by atoms with van der Waals surface area (Å²) in [6, 6.07) is 37.1. The third-order valence-electron chi connectivity index (χ3n) is 21.2. The topological polar surface area (TPSA) is 469 Å². The number of methoxy groups -OCH3 is 6. The Kier molecular flexibility index (Phi) is 26.7. The summed E-state index contributed by atoms with van der Waals surface area (Å²) in [7, 11) is 11.6. The van der Waals surface area contributed by atoms with Gasteiger partial charge >= 0.3 is 0 Å². The lowest BCUT2D eigenvalue weighted by atomic mass is 10.00. The van der Waals surface area contributed by atoms with Crippen LogP contribution in [0.2, 0.25) is 5.02 Å². The van der Waals surface area contributed by atoms with Crippen LogP contribution in [0.4, 0.5) is 31.5 Å². The molecule has 19 aromatic rings. The first-order valence-electron chi connectivity index (χ1n) is 40.7. The van der Waals surface area contributed by atoms with Crippen molar-refractivity contribution in [3.63, 3.8) is 0 Å². The third kappa shape index (κ3) is 19.6. The molecule has 4 amide bonds. The number of fused-ring (bicyclic) bond motifs is 4. The number of aryl methyl sites for hydroxylation is 2. The van der Waals surface area contributed by atoms with E-state index in [4.69, 9.17) is 40.0 Å². The Hall–Kier alpha value is -15.6. The molecular formula is C90H79ClF2N26O10S4. The zero-order chi connectivity index (χ0) is 92.5. The van der Waals surface area contributed by atoms with Crippen LogP contribution in [0, 0.1) is 31.4 Å². The summed E-state index contributed by atoms with van der Waals surface area (Å²) in [5, 5.41) is 41.0. The molecule has 12 aromatic heterocycles. The molecule has 0 unspecified atom stereocenters. The van der Waals surface area contributed by atoms with E-state index in [2.05, 4.69) is 150 Å². The number of H-pyrrole nitrogens is 8. The lowest BCUT2D eigenvalue weighted by molar-refractivity contribution is 0.101. The Morgan fingerprint density at radius 1 is 0.466 bits per heavy atom. The summed E-state index contributed by atoms with van der Waals surface area (Å²) in [5.41, 5.74) is 13.6. The number of anilines is 4. The van der Waals surface area contributed by atoms with Gasteiger partial charge in [0.25, 0.3) is 23.6 Å². The van der Waals surface area contributed by atoms with E-state index < -0.39 is 23.1 Å².